The highest BCUT2D eigenvalue weighted by molar-refractivity contribution is 5.85. The van der Waals surface area contributed by atoms with Gasteiger partial charge in [-0.3, -0.25) is 0 Å². The van der Waals surface area contributed by atoms with Gasteiger partial charge in [-0.2, -0.15) is 0 Å². The SMILES string of the molecule is CC=C1C=C(C(CCC)Cc2cc(O)cc(O)c2)CCN1C.Cl. The lowest BCUT2D eigenvalue weighted by Crippen LogP contribution is -2.25. The third kappa shape index (κ3) is 5.21. The number of likely N-dealkylation sites (N-methyl/N-ethyl adjacent to an activating group) is 1. The molecule has 0 spiro atoms. The summed E-state index contributed by atoms with van der Waals surface area (Å²) in [7, 11) is 2.13. The first-order valence-electron chi connectivity index (χ1n) is 8.13. The number of halogens is 1. The van der Waals surface area contributed by atoms with Crippen molar-refractivity contribution in [2.24, 2.45) is 5.92 Å². The minimum absolute atomic E-state index is 0. The average molecular weight is 338 g/mol. The van der Waals surface area contributed by atoms with E-state index in [0.29, 0.717) is 5.92 Å². The van der Waals surface area contributed by atoms with Crippen molar-refractivity contribution >= 4 is 12.4 Å². The number of rotatable bonds is 5. The Morgan fingerprint density at radius 1 is 1.22 bits per heavy atom. The minimum Gasteiger partial charge on any atom is -0.508 e. The van der Waals surface area contributed by atoms with Gasteiger partial charge < -0.3 is 15.1 Å². The van der Waals surface area contributed by atoms with E-state index in [-0.39, 0.29) is 23.9 Å². The molecule has 128 valence electrons. The third-order valence-electron chi connectivity index (χ3n) is 4.41. The first kappa shape index (κ1) is 19.4. The van der Waals surface area contributed by atoms with Crippen LogP contribution in [0.3, 0.4) is 0 Å². The quantitative estimate of drug-likeness (QED) is 0.822. The molecule has 0 bridgehead atoms. The molecule has 0 aliphatic carbocycles. The Morgan fingerprint density at radius 2 is 1.87 bits per heavy atom. The van der Waals surface area contributed by atoms with Crippen molar-refractivity contribution in [2.75, 3.05) is 13.6 Å². The molecule has 0 saturated carbocycles. The molecule has 3 nitrogen and oxygen atoms in total. The lowest BCUT2D eigenvalue weighted by atomic mass is 9.84. The molecular weight excluding hydrogens is 310 g/mol. The second-order valence-corrected chi connectivity index (χ2v) is 6.15. The maximum absolute atomic E-state index is 9.67. The van der Waals surface area contributed by atoms with Gasteiger partial charge in [-0.05, 0) is 55.9 Å². The number of hydrogen-bond donors (Lipinski definition) is 2. The number of phenolic OH excluding ortho intramolecular Hbond substituents is 2. The van der Waals surface area contributed by atoms with Crippen LogP contribution < -0.4 is 0 Å². The molecule has 0 amide bonds. The monoisotopic (exact) mass is 337 g/mol. The summed E-state index contributed by atoms with van der Waals surface area (Å²) in [5, 5.41) is 19.3. The van der Waals surface area contributed by atoms with Gasteiger partial charge in [-0.15, -0.1) is 12.4 Å². The van der Waals surface area contributed by atoms with E-state index in [1.165, 1.54) is 17.3 Å². The number of benzene rings is 1. The second-order valence-electron chi connectivity index (χ2n) is 6.15. The maximum Gasteiger partial charge on any atom is 0.119 e. The Morgan fingerprint density at radius 3 is 2.43 bits per heavy atom. The van der Waals surface area contributed by atoms with Crippen LogP contribution in [-0.4, -0.2) is 28.7 Å². The van der Waals surface area contributed by atoms with Crippen molar-refractivity contribution in [3.8, 4) is 11.5 Å². The van der Waals surface area contributed by atoms with Crippen LogP contribution in [0.4, 0.5) is 0 Å². The van der Waals surface area contributed by atoms with Crippen molar-refractivity contribution in [2.45, 2.75) is 39.5 Å². The predicted molar refractivity (Wildman–Crippen MR) is 98.2 cm³/mol. The largest absolute Gasteiger partial charge is 0.508 e. The van der Waals surface area contributed by atoms with Crippen molar-refractivity contribution in [1.82, 2.24) is 4.90 Å². The average Bonchev–Trinajstić information content (AvgIpc) is 2.46. The molecule has 1 aromatic rings. The number of nitrogens with zero attached hydrogens (tertiary/aromatic N) is 1. The summed E-state index contributed by atoms with van der Waals surface area (Å²) in [4.78, 5) is 2.28. The fraction of sp³-hybridized carbons (Fsp3) is 0.474. The fourth-order valence-corrected chi connectivity index (χ4v) is 3.25. The Balaban J connectivity index is 0.00000264. The summed E-state index contributed by atoms with van der Waals surface area (Å²) >= 11 is 0. The topological polar surface area (TPSA) is 43.7 Å². The zero-order valence-corrected chi connectivity index (χ0v) is 15.1. The molecular formula is C19H28ClNO2. The van der Waals surface area contributed by atoms with Gasteiger partial charge in [0.05, 0.1) is 0 Å². The van der Waals surface area contributed by atoms with Gasteiger partial charge in [0.25, 0.3) is 0 Å². The highest BCUT2D eigenvalue weighted by Crippen LogP contribution is 2.31. The molecule has 1 heterocycles. The van der Waals surface area contributed by atoms with Crippen LogP contribution >= 0.6 is 12.4 Å². The number of hydrogen-bond acceptors (Lipinski definition) is 3. The lowest BCUT2D eigenvalue weighted by molar-refractivity contribution is 0.395. The zero-order chi connectivity index (χ0) is 16.1. The molecule has 1 aliphatic heterocycles. The highest BCUT2D eigenvalue weighted by Gasteiger charge is 2.20. The Kier molecular flexibility index (Phi) is 7.50. The van der Waals surface area contributed by atoms with E-state index in [2.05, 4.69) is 37.9 Å². The molecule has 0 radical (unpaired) electrons. The Bertz CT molecular complexity index is 560. The van der Waals surface area contributed by atoms with Crippen LogP contribution in [0, 0.1) is 5.92 Å². The first-order valence-corrected chi connectivity index (χ1v) is 8.13. The smallest absolute Gasteiger partial charge is 0.119 e. The van der Waals surface area contributed by atoms with E-state index >= 15 is 0 Å². The second kappa shape index (κ2) is 8.88. The molecule has 4 heteroatoms. The molecule has 1 unspecified atom stereocenters. The van der Waals surface area contributed by atoms with Crippen molar-refractivity contribution in [3.05, 3.63) is 47.2 Å². The van der Waals surface area contributed by atoms with E-state index in [9.17, 15) is 10.2 Å². The summed E-state index contributed by atoms with van der Waals surface area (Å²) in [6.07, 6.45) is 8.68. The first-order chi connectivity index (χ1) is 10.5. The van der Waals surface area contributed by atoms with E-state index in [1.807, 2.05) is 0 Å². The molecule has 0 fully saturated rings. The molecule has 0 aromatic heterocycles. The third-order valence-corrected chi connectivity index (χ3v) is 4.41. The van der Waals surface area contributed by atoms with Gasteiger partial charge >= 0.3 is 0 Å². The molecule has 2 N–H and O–H groups in total. The van der Waals surface area contributed by atoms with Crippen molar-refractivity contribution in [1.29, 1.82) is 0 Å². The molecule has 0 saturated heterocycles. The van der Waals surface area contributed by atoms with Gasteiger partial charge in [0.1, 0.15) is 11.5 Å². The van der Waals surface area contributed by atoms with Gasteiger partial charge in [0, 0.05) is 25.4 Å². The normalized spacial score (nSPS) is 17.6. The summed E-state index contributed by atoms with van der Waals surface area (Å²) < 4.78 is 0. The zero-order valence-electron chi connectivity index (χ0n) is 14.2. The molecule has 1 aliphatic rings. The van der Waals surface area contributed by atoms with Crippen LogP contribution in [0.5, 0.6) is 11.5 Å². The number of aromatic hydroxyl groups is 2. The van der Waals surface area contributed by atoms with E-state index in [4.69, 9.17) is 0 Å². The van der Waals surface area contributed by atoms with Crippen LogP contribution in [0.25, 0.3) is 0 Å². The Labute approximate surface area is 145 Å². The van der Waals surface area contributed by atoms with E-state index < -0.39 is 0 Å². The fourth-order valence-electron chi connectivity index (χ4n) is 3.25. The van der Waals surface area contributed by atoms with Gasteiger partial charge in [-0.25, -0.2) is 0 Å². The van der Waals surface area contributed by atoms with Gasteiger partial charge in [0.15, 0.2) is 0 Å². The van der Waals surface area contributed by atoms with E-state index in [0.717, 1.165) is 37.8 Å². The van der Waals surface area contributed by atoms with Crippen molar-refractivity contribution in [3.63, 3.8) is 0 Å². The summed E-state index contributed by atoms with van der Waals surface area (Å²) in [6, 6.07) is 4.90. The van der Waals surface area contributed by atoms with Crippen LogP contribution in [0.2, 0.25) is 0 Å². The van der Waals surface area contributed by atoms with Gasteiger partial charge in [-0.1, -0.05) is 25.0 Å². The molecule has 1 aromatic carbocycles. The van der Waals surface area contributed by atoms with Crippen molar-refractivity contribution < 1.29 is 10.2 Å². The highest BCUT2D eigenvalue weighted by atomic mass is 35.5. The lowest BCUT2D eigenvalue weighted by Gasteiger charge is -2.30. The number of allylic oxidation sites excluding steroid dienone is 2. The van der Waals surface area contributed by atoms with E-state index in [1.54, 1.807) is 12.1 Å². The molecule has 1 atom stereocenters. The minimum atomic E-state index is 0. The number of phenols is 2. The summed E-state index contributed by atoms with van der Waals surface area (Å²) in [6.45, 7) is 5.34. The van der Waals surface area contributed by atoms with Gasteiger partial charge in [0.2, 0.25) is 0 Å². The van der Waals surface area contributed by atoms with Crippen LogP contribution in [0.15, 0.2) is 41.6 Å². The Hall–Kier alpha value is -1.61. The summed E-state index contributed by atoms with van der Waals surface area (Å²) in [5.41, 5.74) is 3.76. The van der Waals surface area contributed by atoms with Crippen LogP contribution in [0.1, 0.15) is 38.7 Å². The maximum atomic E-state index is 9.67. The molecule has 23 heavy (non-hydrogen) atoms. The van der Waals surface area contributed by atoms with Crippen LogP contribution in [-0.2, 0) is 6.42 Å². The summed E-state index contributed by atoms with van der Waals surface area (Å²) in [5.74, 6) is 0.739. The molecule has 2 rings (SSSR count). The standard InChI is InChI=1S/C19H27NO2.ClH/c1-4-6-15(9-14-10-18(21)13-19(22)11-14)16-7-8-20(3)17(5-2)12-16;/h5,10-13,15,21-22H,4,6-9H2,1-3H3;1H. The predicted octanol–water partition coefficient (Wildman–Crippen LogP) is 4.64.